The molecule has 10 nitrogen and oxygen atoms in total. The minimum atomic E-state index is -0.786. The zero-order valence-electron chi connectivity index (χ0n) is 23.3. The van der Waals surface area contributed by atoms with E-state index in [1.54, 1.807) is 52.5 Å². The van der Waals surface area contributed by atoms with Gasteiger partial charge in [0.15, 0.2) is 0 Å². The molecule has 0 unspecified atom stereocenters. The Morgan fingerprint density at radius 1 is 0.821 bits per heavy atom. The standard InChI is InChI=1S/C28H37FN4O6/c1-27(2,3)38-24(34)30-21-12-13-23(22(29)18-21)31-14-16-32(25(35)37-19-20-10-8-7-9-11-20)33(17-15-31)26(36)39-28(4,5)6/h7-13,18H,14-17,19H2,1-6H3,(H,30,34). The lowest BCUT2D eigenvalue weighted by Crippen LogP contribution is -2.52. The summed E-state index contributed by atoms with van der Waals surface area (Å²) >= 11 is 0. The maximum Gasteiger partial charge on any atom is 0.429 e. The van der Waals surface area contributed by atoms with Crippen LogP contribution in [0.15, 0.2) is 48.5 Å². The fraction of sp³-hybridized carbons (Fsp3) is 0.464. The molecule has 11 heteroatoms. The zero-order chi connectivity index (χ0) is 28.8. The molecule has 212 valence electrons. The van der Waals surface area contributed by atoms with Gasteiger partial charge in [-0.25, -0.2) is 28.8 Å². The van der Waals surface area contributed by atoms with Gasteiger partial charge in [0.25, 0.3) is 0 Å². The molecule has 3 rings (SSSR count). The van der Waals surface area contributed by atoms with Crippen LogP contribution in [-0.4, -0.2) is 65.7 Å². The average Bonchev–Trinajstić information content (AvgIpc) is 3.04. The highest BCUT2D eigenvalue weighted by molar-refractivity contribution is 5.85. The maximum atomic E-state index is 15.2. The number of benzene rings is 2. The van der Waals surface area contributed by atoms with Crippen molar-refractivity contribution < 1.29 is 33.0 Å². The number of rotatable bonds is 4. The maximum absolute atomic E-state index is 15.2. The van der Waals surface area contributed by atoms with Crippen molar-refractivity contribution in [2.24, 2.45) is 0 Å². The largest absolute Gasteiger partial charge is 0.444 e. The number of ether oxygens (including phenoxy) is 3. The van der Waals surface area contributed by atoms with E-state index in [0.29, 0.717) is 0 Å². The molecule has 1 fully saturated rings. The van der Waals surface area contributed by atoms with Crippen LogP contribution in [0.5, 0.6) is 0 Å². The second-order valence-electron chi connectivity index (χ2n) is 11.0. The molecule has 2 aromatic rings. The molecular formula is C28H37FN4O6. The van der Waals surface area contributed by atoms with E-state index in [4.69, 9.17) is 14.2 Å². The monoisotopic (exact) mass is 544 g/mol. The molecular weight excluding hydrogens is 507 g/mol. The van der Waals surface area contributed by atoms with Crippen LogP contribution in [0.2, 0.25) is 0 Å². The molecule has 0 aliphatic carbocycles. The second kappa shape index (κ2) is 12.2. The van der Waals surface area contributed by atoms with Gasteiger partial charge >= 0.3 is 18.3 Å². The van der Waals surface area contributed by atoms with Crippen LogP contribution in [0.25, 0.3) is 0 Å². The van der Waals surface area contributed by atoms with Crippen molar-refractivity contribution in [3.63, 3.8) is 0 Å². The molecule has 1 heterocycles. The van der Waals surface area contributed by atoms with Gasteiger partial charge in [-0.3, -0.25) is 5.32 Å². The van der Waals surface area contributed by atoms with E-state index in [0.717, 1.165) is 5.56 Å². The Bertz CT molecular complexity index is 1160. The molecule has 1 N–H and O–H groups in total. The molecule has 2 aromatic carbocycles. The van der Waals surface area contributed by atoms with Crippen molar-refractivity contribution in [3.8, 4) is 0 Å². The third-order valence-corrected chi connectivity index (χ3v) is 5.41. The Morgan fingerprint density at radius 3 is 1.97 bits per heavy atom. The fourth-order valence-corrected chi connectivity index (χ4v) is 3.78. The number of nitrogens with one attached hydrogen (secondary N) is 1. The zero-order valence-corrected chi connectivity index (χ0v) is 23.3. The van der Waals surface area contributed by atoms with E-state index < -0.39 is 35.3 Å². The molecule has 0 aromatic heterocycles. The van der Waals surface area contributed by atoms with E-state index >= 15 is 4.39 Å². The number of carbonyl (C=O) groups is 3. The number of nitrogens with zero attached hydrogens (tertiary/aromatic N) is 3. The first kappa shape index (κ1) is 29.5. The van der Waals surface area contributed by atoms with Gasteiger partial charge in [-0.15, -0.1) is 0 Å². The topological polar surface area (TPSA) is 101 Å². The number of hydrogen-bond donors (Lipinski definition) is 1. The summed E-state index contributed by atoms with van der Waals surface area (Å²) in [5, 5.41) is 4.89. The van der Waals surface area contributed by atoms with E-state index in [1.165, 1.54) is 22.2 Å². The summed E-state index contributed by atoms with van der Waals surface area (Å²) in [6.07, 6.45) is -2.12. The molecule has 0 saturated carbocycles. The number of anilines is 2. The Kier molecular flexibility index (Phi) is 9.26. The van der Waals surface area contributed by atoms with Crippen LogP contribution in [-0.2, 0) is 20.8 Å². The predicted octanol–water partition coefficient (Wildman–Crippen LogP) is 5.78. The smallest absolute Gasteiger partial charge is 0.429 e. The third-order valence-electron chi connectivity index (χ3n) is 5.41. The summed E-state index contributed by atoms with van der Waals surface area (Å²) in [6.45, 7) is 11.0. The molecule has 0 radical (unpaired) electrons. The predicted molar refractivity (Wildman–Crippen MR) is 145 cm³/mol. The third kappa shape index (κ3) is 9.05. The van der Waals surface area contributed by atoms with Gasteiger partial charge < -0.3 is 19.1 Å². The average molecular weight is 545 g/mol. The van der Waals surface area contributed by atoms with Crippen molar-refractivity contribution in [2.75, 3.05) is 36.4 Å². The minimum Gasteiger partial charge on any atom is -0.444 e. The molecule has 0 atom stereocenters. The van der Waals surface area contributed by atoms with Gasteiger partial charge in [-0.1, -0.05) is 30.3 Å². The number of hydrogen-bond acceptors (Lipinski definition) is 7. The van der Waals surface area contributed by atoms with E-state index in [9.17, 15) is 14.4 Å². The molecule has 1 aliphatic rings. The Balaban J connectivity index is 1.75. The fourth-order valence-electron chi connectivity index (χ4n) is 3.78. The lowest BCUT2D eigenvalue weighted by atomic mass is 10.2. The second-order valence-corrected chi connectivity index (χ2v) is 11.0. The van der Waals surface area contributed by atoms with Crippen molar-refractivity contribution in [1.29, 1.82) is 0 Å². The quantitative estimate of drug-likeness (QED) is 0.487. The summed E-state index contributed by atoms with van der Waals surface area (Å²) in [6, 6.07) is 13.5. The summed E-state index contributed by atoms with van der Waals surface area (Å²) in [7, 11) is 0. The highest BCUT2D eigenvalue weighted by Gasteiger charge is 2.34. The van der Waals surface area contributed by atoms with Crippen molar-refractivity contribution in [3.05, 3.63) is 59.9 Å². The van der Waals surface area contributed by atoms with Crippen molar-refractivity contribution in [2.45, 2.75) is 59.4 Å². The van der Waals surface area contributed by atoms with Gasteiger partial charge in [0.05, 0.1) is 18.8 Å². The first-order valence-corrected chi connectivity index (χ1v) is 12.7. The molecule has 3 amide bonds. The molecule has 1 aliphatic heterocycles. The number of halogens is 1. The van der Waals surface area contributed by atoms with Gasteiger partial charge in [0.2, 0.25) is 0 Å². The Hall–Kier alpha value is -4.02. The molecule has 39 heavy (non-hydrogen) atoms. The Morgan fingerprint density at radius 2 is 1.41 bits per heavy atom. The van der Waals surface area contributed by atoms with Crippen LogP contribution >= 0.6 is 0 Å². The SMILES string of the molecule is CC(C)(C)OC(=O)Nc1ccc(N2CCN(C(=O)OCc3ccccc3)N(C(=O)OC(C)(C)C)CC2)c(F)c1. The van der Waals surface area contributed by atoms with Crippen LogP contribution in [0.4, 0.5) is 30.1 Å². The first-order valence-electron chi connectivity index (χ1n) is 12.7. The first-order chi connectivity index (χ1) is 18.2. The lowest BCUT2D eigenvalue weighted by Gasteiger charge is -2.33. The minimum absolute atomic E-state index is 0.0305. The van der Waals surface area contributed by atoms with Crippen LogP contribution < -0.4 is 10.2 Å². The van der Waals surface area contributed by atoms with Crippen molar-refractivity contribution >= 4 is 29.7 Å². The number of carbonyl (C=O) groups excluding carboxylic acids is 3. The van der Waals surface area contributed by atoms with Gasteiger partial charge in [0, 0.05) is 18.8 Å². The number of hydrazine groups is 1. The lowest BCUT2D eigenvalue weighted by molar-refractivity contribution is -0.0421. The number of amides is 3. The summed E-state index contributed by atoms with van der Waals surface area (Å²) in [5.74, 6) is -0.576. The Labute approximate surface area is 228 Å². The molecule has 0 bridgehead atoms. The highest BCUT2D eigenvalue weighted by Crippen LogP contribution is 2.25. The summed E-state index contributed by atoms with van der Waals surface area (Å²) in [5.41, 5.74) is -0.183. The van der Waals surface area contributed by atoms with E-state index in [1.807, 2.05) is 30.3 Å². The summed E-state index contributed by atoms with van der Waals surface area (Å²) in [4.78, 5) is 39.9. The molecule has 0 spiro atoms. The normalized spacial score (nSPS) is 14.4. The highest BCUT2D eigenvalue weighted by atomic mass is 19.1. The summed E-state index contributed by atoms with van der Waals surface area (Å²) < 4.78 is 31.4. The van der Waals surface area contributed by atoms with Gasteiger partial charge in [-0.2, -0.15) is 0 Å². The van der Waals surface area contributed by atoms with Crippen molar-refractivity contribution in [1.82, 2.24) is 10.0 Å². The van der Waals surface area contributed by atoms with Gasteiger partial charge in [0.1, 0.15) is 23.6 Å². The van der Waals surface area contributed by atoms with Gasteiger partial charge in [-0.05, 0) is 65.3 Å². The van der Waals surface area contributed by atoms with Crippen LogP contribution in [0, 0.1) is 5.82 Å². The molecule has 1 saturated heterocycles. The van der Waals surface area contributed by atoms with Crippen LogP contribution in [0.3, 0.4) is 0 Å². The van der Waals surface area contributed by atoms with E-state index in [-0.39, 0.29) is 44.2 Å². The van der Waals surface area contributed by atoms with E-state index in [2.05, 4.69) is 5.32 Å². The van der Waals surface area contributed by atoms with Crippen LogP contribution in [0.1, 0.15) is 47.1 Å².